The number of para-hydroxylation sites is 1. The van der Waals surface area contributed by atoms with Gasteiger partial charge in [-0.15, -0.1) is 11.8 Å². The SMILES string of the molecule is COc1cc(C=CC(=O)NCCSc2c(-c3ccccc3)[nH]c3ccccc23)cc(OC)c1OC. The molecule has 180 valence electrons. The molecule has 0 atom stereocenters. The normalized spacial score (nSPS) is 11.1. The third kappa shape index (κ3) is 5.63. The van der Waals surface area contributed by atoms with Gasteiger partial charge in [-0.05, 0) is 35.4 Å². The quantitative estimate of drug-likeness (QED) is 0.168. The van der Waals surface area contributed by atoms with Crippen molar-refractivity contribution in [3.05, 3.63) is 78.4 Å². The Kier molecular flexibility index (Phi) is 8.00. The maximum Gasteiger partial charge on any atom is 0.244 e. The zero-order valence-corrected chi connectivity index (χ0v) is 20.8. The van der Waals surface area contributed by atoms with Crippen LogP contribution in [0.3, 0.4) is 0 Å². The third-order valence-corrected chi connectivity index (χ3v) is 6.60. The maximum absolute atomic E-state index is 12.4. The topological polar surface area (TPSA) is 72.6 Å². The minimum absolute atomic E-state index is 0.165. The molecule has 0 bridgehead atoms. The number of rotatable bonds is 10. The van der Waals surface area contributed by atoms with Crippen molar-refractivity contribution < 1.29 is 19.0 Å². The first-order valence-corrected chi connectivity index (χ1v) is 12.2. The number of amides is 1. The molecule has 6 nitrogen and oxygen atoms in total. The van der Waals surface area contributed by atoms with Crippen LogP contribution >= 0.6 is 11.8 Å². The molecule has 0 aliphatic carbocycles. The molecular formula is C28H28N2O4S. The Hall–Kier alpha value is -3.84. The summed E-state index contributed by atoms with van der Waals surface area (Å²) in [6.07, 6.45) is 3.23. The molecule has 1 amide bonds. The van der Waals surface area contributed by atoms with Gasteiger partial charge < -0.3 is 24.5 Å². The van der Waals surface area contributed by atoms with Gasteiger partial charge in [-0.2, -0.15) is 0 Å². The minimum atomic E-state index is -0.165. The lowest BCUT2D eigenvalue weighted by molar-refractivity contribution is -0.116. The summed E-state index contributed by atoms with van der Waals surface area (Å²) in [6.45, 7) is 0.539. The van der Waals surface area contributed by atoms with Gasteiger partial charge in [0, 0.05) is 34.2 Å². The average molecular weight is 489 g/mol. The zero-order valence-electron chi connectivity index (χ0n) is 20.0. The highest BCUT2D eigenvalue weighted by molar-refractivity contribution is 7.99. The summed E-state index contributed by atoms with van der Waals surface area (Å²) >= 11 is 1.73. The van der Waals surface area contributed by atoms with Crippen molar-refractivity contribution in [2.45, 2.75) is 4.90 Å². The van der Waals surface area contributed by atoms with Gasteiger partial charge in [0.15, 0.2) is 11.5 Å². The molecule has 0 aliphatic rings. The van der Waals surface area contributed by atoms with Crippen LogP contribution in [0.15, 0.2) is 77.7 Å². The highest BCUT2D eigenvalue weighted by Gasteiger charge is 2.14. The molecule has 0 unspecified atom stereocenters. The highest BCUT2D eigenvalue weighted by atomic mass is 32.2. The molecule has 1 heterocycles. The van der Waals surface area contributed by atoms with Crippen molar-refractivity contribution in [3.8, 4) is 28.5 Å². The van der Waals surface area contributed by atoms with Crippen molar-refractivity contribution in [3.63, 3.8) is 0 Å². The Morgan fingerprint density at radius 2 is 1.63 bits per heavy atom. The summed E-state index contributed by atoms with van der Waals surface area (Å²) < 4.78 is 16.1. The first-order chi connectivity index (χ1) is 17.1. The van der Waals surface area contributed by atoms with Gasteiger partial charge in [-0.3, -0.25) is 4.79 Å². The summed E-state index contributed by atoms with van der Waals surface area (Å²) in [7, 11) is 4.68. The van der Waals surface area contributed by atoms with Gasteiger partial charge in [-0.1, -0.05) is 48.5 Å². The lowest BCUT2D eigenvalue weighted by atomic mass is 10.1. The number of fused-ring (bicyclic) bond motifs is 1. The summed E-state index contributed by atoms with van der Waals surface area (Å²) in [4.78, 5) is 17.1. The van der Waals surface area contributed by atoms with Crippen LogP contribution in [-0.4, -0.2) is 44.5 Å². The van der Waals surface area contributed by atoms with E-state index in [-0.39, 0.29) is 5.91 Å². The molecule has 35 heavy (non-hydrogen) atoms. The minimum Gasteiger partial charge on any atom is -0.493 e. The second-order valence-electron chi connectivity index (χ2n) is 7.67. The molecule has 0 spiro atoms. The van der Waals surface area contributed by atoms with Gasteiger partial charge in [0.2, 0.25) is 11.7 Å². The molecule has 0 saturated carbocycles. The first-order valence-electron chi connectivity index (χ1n) is 11.2. The number of methoxy groups -OCH3 is 3. The number of nitrogens with one attached hydrogen (secondary N) is 2. The monoisotopic (exact) mass is 488 g/mol. The van der Waals surface area contributed by atoms with Crippen molar-refractivity contribution in [1.82, 2.24) is 10.3 Å². The van der Waals surface area contributed by atoms with Crippen LogP contribution < -0.4 is 19.5 Å². The molecule has 3 aromatic carbocycles. The number of aromatic amines is 1. The maximum atomic E-state index is 12.4. The van der Waals surface area contributed by atoms with E-state index in [1.165, 1.54) is 16.4 Å². The average Bonchev–Trinajstić information content (AvgIpc) is 3.28. The number of aromatic nitrogens is 1. The number of ether oxygens (including phenoxy) is 3. The van der Waals surface area contributed by atoms with E-state index in [1.54, 1.807) is 51.3 Å². The van der Waals surface area contributed by atoms with E-state index >= 15 is 0 Å². The molecule has 1 aromatic heterocycles. The van der Waals surface area contributed by atoms with Gasteiger partial charge in [0.05, 0.1) is 27.0 Å². The Balaban J connectivity index is 1.39. The standard InChI is InChI=1S/C28H28N2O4S/c1-32-23-17-19(18-24(33-2)27(23)34-3)13-14-25(31)29-15-16-35-28-21-11-7-8-12-22(21)30-26(28)20-9-5-4-6-10-20/h4-14,17-18,30H,15-16H2,1-3H3,(H,29,31). The second-order valence-corrected chi connectivity index (χ2v) is 8.78. The number of thioether (sulfide) groups is 1. The Bertz CT molecular complexity index is 1310. The summed E-state index contributed by atoms with van der Waals surface area (Å²) in [5.74, 6) is 2.17. The second kappa shape index (κ2) is 11.5. The van der Waals surface area contributed by atoms with E-state index in [0.29, 0.717) is 23.8 Å². The van der Waals surface area contributed by atoms with Gasteiger partial charge in [0.1, 0.15) is 0 Å². The lowest BCUT2D eigenvalue weighted by Crippen LogP contribution is -2.23. The fourth-order valence-corrected chi connectivity index (χ4v) is 4.88. The molecule has 0 aliphatic heterocycles. The van der Waals surface area contributed by atoms with E-state index in [9.17, 15) is 4.79 Å². The van der Waals surface area contributed by atoms with Gasteiger partial charge in [0.25, 0.3) is 0 Å². The van der Waals surface area contributed by atoms with Crippen molar-refractivity contribution in [1.29, 1.82) is 0 Å². The largest absolute Gasteiger partial charge is 0.493 e. The predicted octanol–water partition coefficient (Wildman–Crippen LogP) is 5.78. The third-order valence-electron chi connectivity index (χ3n) is 5.48. The van der Waals surface area contributed by atoms with E-state index in [4.69, 9.17) is 14.2 Å². The van der Waals surface area contributed by atoms with E-state index in [0.717, 1.165) is 28.1 Å². The Morgan fingerprint density at radius 3 is 2.31 bits per heavy atom. The summed E-state index contributed by atoms with van der Waals surface area (Å²) in [5, 5.41) is 4.14. The van der Waals surface area contributed by atoms with Crippen LogP contribution in [0.4, 0.5) is 0 Å². The van der Waals surface area contributed by atoms with Crippen LogP contribution in [-0.2, 0) is 4.79 Å². The highest BCUT2D eigenvalue weighted by Crippen LogP contribution is 2.39. The van der Waals surface area contributed by atoms with E-state index < -0.39 is 0 Å². The summed E-state index contributed by atoms with van der Waals surface area (Å²) in [5.41, 5.74) is 4.12. The summed E-state index contributed by atoms with van der Waals surface area (Å²) in [6, 6.07) is 22.2. The molecule has 2 N–H and O–H groups in total. The zero-order chi connectivity index (χ0) is 24.6. The van der Waals surface area contributed by atoms with Gasteiger partial charge in [-0.25, -0.2) is 0 Å². The van der Waals surface area contributed by atoms with Gasteiger partial charge >= 0.3 is 0 Å². The number of carbonyl (C=O) groups is 1. The molecule has 0 saturated heterocycles. The van der Waals surface area contributed by atoms with Crippen LogP contribution in [0.2, 0.25) is 0 Å². The van der Waals surface area contributed by atoms with Crippen molar-refractivity contribution in [2.24, 2.45) is 0 Å². The number of carbonyl (C=O) groups excluding carboxylic acids is 1. The Morgan fingerprint density at radius 1 is 0.943 bits per heavy atom. The van der Waals surface area contributed by atoms with Crippen LogP contribution in [0.1, 0.15) is 5.56 Å². The predicted molar refractivity (Wildman–Crippen MR) is 143 cm³/mol. The molecule has 4 aromatic rings. The fourth-order valence-electron chi connectivity index (χ4n) is 3.83. The number of hydrogen-bond donors (Lipinski definition) is 2. The molecule has 0 radical (unpaired) electrons. The number of benzene rings is 3. The smallest absolute Gasteiger partial charge is 0.244 e. The Labute approximate surface area is 209 Å². The van der Waals surface area contributed by atoms with Crippen LogP contribution in [0.5, 0.6) is 17.2 Å². The molecule has 0 fully saturated rings. The first kappa shape index (κ1) is 24.3. The molecular weight excluding hydrogens is 460 g/mol. The van der Waals surface area contributed by atoms with Crippen LogP contribution in [0, 0.1) is 0 Å². The lowest BCUT2D eigenvalue weighted by Gasteiger charge is -2.12. The number of H-pyrrole nitrogens is 1. The van der Waals surface area contributed by atoms with Crippen LogP contribution in [0.25, 0.3) is 28.2 Å². The van der Waals surface area contributed by atoms with Crippen molar-refractivity contribution in [2.75, 3.05) is 33.6 Å². The van der Waals surface area contributed by atoms with E-state index in [2.05, 4.69) is 34.6 Å². The van der Waals surface area contributed by atoms with Crippen molar-refractivity contribution >= 4 is 34.6 Å². The fraction of sp³-hybridized carbons (Fsp3) is 0.179. The van der Waals surface area contributed by atoms with E-state index in [1.807, 2.05) is 30.3 Å². The molecule has 7 heteroatoms. The number of hydrogen-bond acceptors (Lipinski definition) is 5. The molecule has 4 rings (SSSR count).